The molecule has 12 aromatic carbocycles. The maximum absolute atomic E-state index is 4.50. The third-order valence-corrected chi connectivity index (χ3v) is 26.1. The Morgan fingerprint density at radius 3 is 0.993 bits per heavy atom. The van der Waals surface area contributed by atoms with Crippen LogP contribution in [0.4, 0.5) is 0 Å². The standard InChI is InChI=1S/2C19H17N.C15H15N.4C14H14N2.2C8H11N/c1-13(2)20-18-10-6-5-9-16(18)17-11-14-7-3-4-8-15(14)12-19(17)20;1-13(2)20-18-10-6-5-9-16(18)17-12-11-14-7-3-4-8-15(14)19(17)20;1-11(2)16-14-9-5-3-7-12(14)13-8-4-6-10-15(13)16;1-10(2)16-13-8-4-3-6-11(13)12-7-5-9-15-14(12)16;1-10(2)16-12-7-4-3-6-11(12)14-13(16)8-5-9-15-14;1-10(2)16-13-6-4-3-5-11(13)12-9-15-8-7-14(12)16;1-10(2)16-13-6-4-3-5-11(13)12-7-8-15-9-14(12)16;1-7(2)8-3-5-9-6-4-8;1-7(2)8-4-3-5-9-6-8/h2*3-13H,1-2H3;3-11H,1-2H3;4*3-10H,1-2H3;2*3-7H,1-2H3. The van der Waals surface area contributed by atoms with Gasteiger partial charge in [0, 0.05) is 212 Å². The number of rotatable bonds is 9. The van der Waals surface area contributed by atoms with Crippen molar-refractivity contribution in [1.82, 2.24) is 61.9 Å². The fraction of sp³-hybridized carbons (Fsp3) is 0.216. The normalized spacial score (nSPS) is 11.6. The van der Waals surface area contributed by atoms with Gasteiger partial charge in [-0.15, -0.1) is 0 Å². The van der Waals surface area contributed by atoms with Crippen LogP contribution in [0.1, 0.15) is 190 Å². The quantitative estimate of drug-likeness (QED) is 0.142. The molecule has 0 fully saturated rings. The SMILES string of the molecule is CC(C)c1cccnc1.CC(C)c1ccncc1.CC(C)n1c2ccccc2c2cc3ccccc3cc21.CC(C)n1c2ccccc2c2ccc3ccccc3c21.CC(C)n1c2ccccc2c2ccccc21.CC(C)n1c2ccccc2c2cccnc21.CC(C)n1c2ccccc2c2ccncc21.CC(C)n1c2ccccc2c2cnccc21.CC(C)n1c2ccccc2c2ncccc21. The molecule has 0 aliphatic carbocycles. The number of aromatic nitrogens is 13. The summed E-state index contributed by atoms with van der Waals surface area (Å²) in [5, 5.41) is 22.3. The Bertz CT molecular complexity index is 7470. The predicted octanol–water partition coefficient (Wildman–Crippen LogP) is 34.9. The highest BCUT2D eigenvalue weighted by molar-refractivity contribution is 6.19. The van der Waals surface area contributed by atoms with E-state index in [1.165, 1.54) is 174 Å². The van der Waals surface area contributed by atoms with E-state index in [9.17, 15) is 0 Å². The number of para-hydroxylation sites is 8. The van der Waals surface area contributed by atoms with Gasteiger partial charge in [-0.1, -0.05) is 240 Å². The summed E-state index contributed by atoms with van der Waals surface area (Å²) in [5.74, 6) is 1.21. The molecule has 0 saturated carbocycles. The molecule has 13 heteroatoms. The molecule has 0 aliphatic heterocycles. The first-order chi connectivity index (χ1) is 67.1. The van der Waals surface area contributed by atoms with Crippen LogP contribution in [-0.2, 0) is 0 Å². The molecule has 0 aliphatic rings. The molecule has 138 heavy (non-hydrogen) atoms. The van der Waals surface area contributed by atoms with Crippen LogP contribution in [0.15, 0.2) is 390 Å². The van der Waals surface area contributed by atoms with E-state index in [0.29, 0.717) is 54.1 Å². The molecule has 0 amide bonds. The van der Waals surface area contributed by atoms with Crippen molar-refractivity contribution in [2.24, 2.45) is 0 Å². The first-order valence-corrected chi connectivity index (χ1v) is 49.0. The van der Waals surface area contributed by atoms with Crippen molar-refractivity contribution in [3.63, 3.8) is 0 Å². The molecule has 0 spiro atoms. The highest BCUT2D eigenvalue weighted by atomic mass is 15.1. The minimum atomic E-state index is 0.428. The van der Waals surface area contributed by atoms with Gasteiger partial charge >= 0.3 is 0 Å². The fourth-order valence-corrected chi connectivity index (χ4v) is 20.0. The van der Waals surface area contributed by atoms with Gasteiger partial charge in [0.05, 0.1) is 44.8 Å². The predicted molar refractivity (Wildman–Crippen MR) is 592 cm³/mol. The minimum Gasteiger partial charge on any atom is -0.338 e. The first kappa shape index (κ1) is 94.4. The molecule has 0 radical (unpaired) electrons. The molecule has 0 bridgehead atoms. The van der Waals surface area contributed by atoms with E-state index in [4.69, 9.17) is 0 Å². The van der Waals surface area contributed by atoms with Gasteiger partial charge in [0.25, 0.3) is 0 Å². The summed E-state index contributed by atoms with van der Waals surface area (Å²) >= 11 is 0. The van der Waals surface area contributed by atoms with Gasteiger partial charge < -0.3 is 32.0 Å². The van der Waals surface area contributed by atoms with Gasteiger partial charge in [-0.05, 0) is 251 Å². The average Bonchev–Trinajstić information content (AvgIpc) is 1.58. The molecule has 0 saturated heterocycles. The summed E-state index contributed by atoms with van der Waals surface area (Å²) in [7, 11) is 0. The van der Waals surface area contributed by atoms with Crippen molar-refractivity contribution >= 4 is 174 Å². The molecule has 25 aromatic rings. The van der Waals surface area contributed by atoms with E-state index in [2.05, 4.69) is 484 Å². The molecule has 13 nitrogen and oxygen atoms in total. The lowest BCUT2D eigenvalue weighted by molar-refractivity contribution is 0.637. The number of hydrogen-bond donors (Lipinski definition) is 0. The molecule has 0 N–H and O–H groups in total. The lowest BCUT2D eigenvalue weighted by atomic mass is 10.1. The van der Waals surface area contributed by atoms with Gasteiger partial charge in [-0.3, -0.25) is 24.9 Å². The second-order valence-corrected chi connectivity index (χ2v) is 38.2. The largest absolute Gasteiger partial charge is 0.338 e. The molecule has 13 aromatic heterocycles. The molecule has 13 heterocycles. The van der Waals surface area contributed by atoms with Crippen LogP contribution in [0.2, 0.25) is 0 Å². The van der Waals surface area contributed by atoms with Crippen LogP contribution >= 0.6 is 0 Å². The van der Waals surface area contributed by atoms with Crippen LogP contribution in [0, 0.1) is 0 Å². The van der Waals surface area contributed by atoms with Crippen LogP contribution in [-0.4, -0.2) is 61.9 Å². The van der Waals surface area contributed by atoms with Gasteiger partial charge in [-0.2, -0.15) is 0 Å². The van der Waals surface area contributed by atoms with E-state index < -0.39 is 0 Å². The Morgan fingerprint density at radius 2 is 0.507 bits per heavy atom. The van der Waals surface area contributed by atoms with Crippen LogP contribution in [0.3, 0.4) is 0 Å². The topological polar surface area (TPSA) is 112 Å². The van der Waals surface area contributed by atoms with E-state index in [-0.39, 0.29) is 0 Å². The Kier molecular flexibility index (Phi) is 28.9. The van der Waals surface area contributed by atoms with Crippen LogP contribution in [0.5, 0.6) is 0 Å². The Balaban J connectivity index is 0.000000108. The Morgan fingerprint density at radius 1 is 0.174 bits per heavy atom. The zero-order chi connectivity index (χ0) is 96.4. The maximum atomic E-state index is 4.50. The first-order valence-electron chi connectivity index (χ1n) is 49.0. The summed E-state index contributed by atoms with van der Waals surface area (Å²) in [6, 6.07) is 119. The zero-order valence-corrected chi connectivity index (χ0v) is 83.0. The lowest BCUT2D eigenvalue weighted by Crippen LogP contribution is -2.00. The Labute approximate surface area is 810 Å². The van der Waals surface area contributed by atoms with Gasteiger partial charge in [-0.25, -0.2) is 4.98 Å². The van der Waals surface area contributed by atoms with Crippen molar-refractivity contribution < 1.29 is 0 Å². The molecule has 25 rings (SSSR count). The van der Waals surface area contributed by atoms with Crippen molar-refractivity contribution in [3.05, 3.63) is 401 Å². The monoisotopic (exact) mass is 1810 g/mol. The molecule has 692 valence electrons. The van der Waals surface area contributed by atoms with Crippen molar-refractivity contribution in [2.75, 3.05) is 0 Å². The lowest BCUT2D eigenvalue weighted by Gasteiger charge is -2.13. The number of hydrogen-bond acceptors (Lipinski definition) is 6. The van der Waals surface area contributed by atoms with Gasteiger partial charge in [0.2, 0.25) is 0 Å². The fourth-order valence-electron chi connectivity index (χ4n) is 20.0. The molecule has 0 unspecified atom stereocenters. The second kappa shape index (κ2) is 42.3. The van der Waals surface area contributed by atoms with E-state index in [0.717, 1.165) is 11.2 Å². The average molecular weight is 1810 g/mol. The number of nitrogens with zero attached hydrogens (tertiary/aromatic N) is 13. The summed E-state index contributed by atoms with van der Waals surface area (Å²) in [6.07, 6.45) is 18.7. The molecule has 0 atom stereocenters. The van der Waals surface area contributed by atoms with E-state index >= 15 is 0 Å². The highest BCUT2D eigenvalue weighted by Gasteiger charge is 2.21. The maximum Gasteiger partial charge on any atom is 0.141 e. The minimum absolute atomic E-state index is 0.428. The number of fused-ring (bicyclic) bond motifs is 24. The van der Waals surface area contributed by atoms with Crippen LogP contribution < -0.4 is 0 Å². The summed E-state index contributed by atoms with van der Waals surface area (Å²) in [6.45, 7) is 39.8. The van der Waals surface area contributed by atoms with Crippen molar-refractivity contribution in [3.8, 4) is 0 Å². The molecular formula is C125H127N13. The highest BCUT2D eigenvalue weighted by Crippen LogP contribution is 2.41. The van der Waals surface area contributed by atoms with E-state index in [1.54, 1.807) is 6.20 Å². The second-order valence-electron chi connectivity index (χ2n) is 38.2. The molecular weight excluding hydrogens is 1680 g/mol. The Hall–Kier alpha value is -15.3. The van der Waals surface area contributed by atoms with Crippen LogP contribution in [0.25, 0.3) is 174 Å². The number of pyridine rings is 6. The van der Waals surface area contributed by atoms with Gasteiger partial charge in [0.15, 0.2) is 0 Å². The van der Waals surface area contributed by atoms with E-state index in [1.807, 2.05) is 86.1 Å². The zero-order valence-electron chi connectivity index (χ0n) is 83.0. The summed E-state index contributed by atoms with van der Waals surface area (Å²) in [4.78, 5) is 25.4. The van der Waals surface area contributed by atoms with Gasteiger partial charge in [0.1, 0.15) is 5.65 Å². The van der Waals surface area contributed by atoms with Crippen molar-refractivity contribution in [1.29, 1.82) is 0 Å². The van der Waals surface area contributed by atoms with Crippen molar-refractivity contribution in [2.45, 2.75) is 179 Å². The summed E-state index contributed by atoms with van der Waals surface area (Å²) < 4.78 is 16.7. The third-order valence-electron chi connectivity index (χ3n) is 26.1. The smallest absolute Gasteiger partial charge is 0.141 e. The number of benzene rings is 12. The summed E-state index contributed by atoms with van der Waals surface area (Å²) in [5.41, 5.74) is 21.7. The third kappa shape index (κ3) is 19.2.